The molecular weight excluding hydrogens is 216 g/mol. The summed E-state index contributed by atoms with van der Waals surface area (Å²) in [5, 5.41) is 24.4. The summed E-state index contributed by atoms with van der Waals surface area (Å²) in [5.41, 5.74) is 0. The number of rotatable bonds is 5. The Morgan fingerprint density at radius 1 is 0.933 bits per heavy atom. The maximum Gasteiger partial charge on any atom is 0.508 e. The van der Waals surface area contributed by atoms with E-state index in [1.54, 1.807) is 0 Å². The zero-order valence-corrected chi connectivity index (χ0v) is 7.28. The second-order valence-corrected chi connectivity index (χ2v) is 2.10. The Morgan fingerprint density at radius 2 is 1.40 bits per heavy atom. The van der Waals surface area contributed by atoms with Gasteiger partial charge < -0.3 is 29.5 Å². The highest BCUT2D eigenvalue weighted by molar-refractivity contribution is 5.59. The van der Waals surface area contributed by atoms with Gasteiger partial charge in [0.1, 0.15) is 6.61 Å². The predicted molar refractivity (Wildman–Crippen MR) is 40.6 cm³/mol. The van der Waals surface area contributed by atoms with E-state index in [9.17, 15) is 14.4 Å². The Hall–Kier alpha value is -2.19. The lowest BCUT2D eigenvalue weighted by molar-refractivity contribution is -0.100. The minimum atomic E-state index is -1.74. The molecule has 9 nitrogen and oxygen atoms in total. The number of ether oxygens (including phenoxy) is 3. The molecule has 0 aliphatic rings. The van der Waals surface area contributed by atoms with Crippen molar-refractivity contribution in [1.82, 2.24) is 0 Å². The van der Waals surface area contributed by atoms with Crippen LogP contribution in [-0.4, -0.2) is 46.7 Å². The summed E-state index contributed by atoms with van der Waals surface area (Å²) in [6.07, 6.45) is -7.02. The largest absolute Gasteiger partial charge is 0.508 e. The van der Waals surface area contributed by atoms with Crippen molar-refractivity contribution in [2.24, 2.45) is 0 Å². The van der Waals surface area contributed by atoms with Crippen LogP contribution in [0.15, 0.2) is 0 Å². The molecule has 0 aromatic heterocycles. The van der Waals surface area contributed by atoms with E-state index in [0.29, 0.717) is 0 Å². The van der Waals surface area contributed by atoms with Gasteiger partial charge in [0, 0.05) is 0 Å². The lowest BCUT2D eigenvalue weighted by Gasteiger charge is -2.13. The zero-order chi connectivity index (χ0) is 11.8. The molecule has 86 valence electrons. The van der Waals surface area contributed by atoms with Crippen LogP contribution in [0, 0.1) is 0 Å². The van der Waals surface area contributed by atoms with E-state index in [-0.39, 0.29) is 6.42 Å². The third-order valence-corrected chi connectivity index (χ3v) is 1.04. The molecule has 0 fully saturated rings. The number of hydrogen-bond donors (Lipinski definition) is 3. The van der Waals surface area contributed by atoms with Crippen LogP contribution in [0.5, 0.6) is 0 Å². The fourth-order valence-corrected chi connectivity index (χ4v) is 0.609. The van der Waals surface area contributed by atoms with E-state index < -0.39 is 31.4 Å². The molecule has 0 aromatic carbocycles. The van der Waals surface area contributed by atoms with E-state index >= 15 is 0 Å². The van der Waals surface area contributed by atoms with Crippen LogP contribution in [0.1, 0.15) is 6.42 Å². The van der Waals surface area contributed by atoms with E-state index in [1.165, 1.54) is 0 Å². The van der Waals surface area contributed by atoms with Crippen molar-refractivity contribution in [1.29, 1.82) is 0 Å². The first-order chi connectivity index (χ1) is 6.91. The summed E-state index contributed by atoms with van der Waals surface area (Å²) < 4.78 is 12.0. The van der Waals surface area contributed by atoms with E-state index in [2.05, 4.69) is 14.2 Å². The Morgan fingerprint density at radius 3 is 1.73 bits per heavy atom. The molecule has 3 N–H and O–H groups in total. The topological polar surface area (TPSA) is 140 Å². The minimum absolute atomic E-state index is 0.356. The van der Waals surface area contributed by atoms with Gasteiger partial charge in [-0.15, -0.1) is 0 Å². The lowest BCUT2D eigenvalue weighted by Crippen LogP contribution is -2.25. The SMILES string of the molecule is O=C(O)OCCC(OC(=O)O)OC(=O)O. The van der Waals surface area contributed by atoms with Gasteiger partial charge in [-0.2, -0.15) is 0 Å². The average Bonchev–Trinajstić information content (AvgIpc) is 2.00. The molecule has 0 radical (unpaired) electrons. The van der Waals surface area contributed by atoms with E-state index in [1.807, 2.05) is 0 Å². The first-order valence-electron chi connectivity index (χ1n) is 3.56. The molecule has 0 rings (SSSR count). The molecule has 0 spiro atoms. The van der Waals surface area contributed by atoms with Gasteiger partial charge in [-0.25, -0.2) is 14.4 Å². The van der Waals surface area contributed by atoms with Crippen LogP contribution in [0.4, 0.5) is 14.4 Å². The van der Waals surface area contributed by atoms with Crippen molar-refractivity contribution in [3.05, 3.63) is 0 Å². The third kappa shape index (κ3) is 8.15. The Labute approximate surface area is 82.8 Å². The van der Waals surface area contributed by atoms with Crippen LogP contribution in [-0.2, 0) is 14.2 Å². The Balaban J connectivity index is 3.94. The van der Waals surface area contributed by atoms with Gasteiger partial charge in [-0.05, 0) is 0 Å². The summed E-state index contributed by atoms with van der Waals surface area (Å²) in [4.78, 5) is 30.0. The molecule has 0 aliphatic carbocycles. The highest BCUT2D eigenvalue weighted by Crippen LogP contribution is 2.02. The fourth-order valence-electron chi connectivity index (χ4n) is 0.609. The smallest absolute Gasteiger partial charge is 0.450 e. The first-order valence-corrected chi connectivity index (χ1v) is 3.56. The molecule has 0 amide bonds. The second-order valence-electron chi connectivity index (χ2n) is 2.10. The number of carbonyl (C=O) groups is 3. The standard InChI is InChI=1S/C6H8O9/c7-4(8)13-2-1-3(14-5(9)10)15-6(11)12/h3H,1-2H2,(H,7,8)(H,9,10)(H,11,12). The van der Waals surface area contributed by atoms with Gasteiger partial charge in [0.25, 0.3) is 6.29 Å². The van der Waals surface area contributed by atoms with Gasteiger partial charge in [-0.3, -0.25) is 0 Å². The lowest BCUT2D eigenvalue weighted by atomic mass is 10.4. The van der Waals surface area contributed by atoms with Crippen molar-refractivity contribution < 1.29 is 43.9 Å². The average molecular weight is 224 g/mol. The fraction of sp³-hybridized carbons (Fsp3) is 0.500. The van der Waals surface area contributed by atoms with Crippen LogP contribution >= 0.6 is 0 Å². The number of carboxylic acid groups (broad SMARTS) is 3. The van der Waals surface area contributed by atoms with Gasteiger partial charge in [0.2, 0.25) is 0 Å². The van der Waals surface area contributed by atoms with Crippen LogP contribution < -0.4 is 0 Å². The molecular formula is C6H8O9. The summed E-state index contributed by atoms with van der Waals surface area (Å²) in [7, 11) is 0. The normalized spacial score (nSPS) is 9.40. The van der Waals surface area contributed by atoms with Crippen molar-refractivity contribution in [2.45, 2.75) is 12.7 Å². The predicted octanol–water partition coefficient (Wildman–Crippen LogP) is 0.786. The van der Waals surface area contributed by atoms with Gasteiger partial charge in [0.15, 0.2) is 0 Å². The van der Waals surface area contributed by atoms with Gasteiger partial charge >= 0.3 is 18.5 Å². The maximum absolute atomic E-state index is 10.0. The number of hydrogen-bond acceptors (Lipinski definition) is 6. The highest BCUT2D eigenvalue weighted by Gasteiger charge is 2.18. The van der Waals surface area contributed by atoms with Crippen molar-refractivity contribution in [2.75, 3.05) is 6.61 Å². The Bertz CT molecular complexity index is 231. The molecule has 0 aromatic rings. The molecule has 15 heavy (non-hydrogen) atoms. The molecule has 9 heteroatoms. The molecule has 0 unspecified atom stereocenters. The van der Waals surface area contributed by atoms with Crippen molar-refractivity contribution in [3.63, 3.8) is 0 Å². The summed E-state index contributed by atoms with van der Waals surface area (Å²) >= 11 is 0. The molecule has 0 saturated carbocycles. The first kappa shape index (κ1) is 12.8. The highest BCUT2D eigenvalue weighted by atomic mass is 16.8. The van der Waals surface area contributed by atoms with Crippen LogP contribution in [0.3, 0.4) is 0 Å². The second kappa shape index (κ2) is 6.29. The summed E-state index contributed by atoms with van der Waals surface area (Å²) in [6, 6.07) is 0. The van der Waals surface area contributed by atoms with Crippen molar-refractivity contribution >= 4 is 18.5 Å². The third-order valence-electron chi connectivity index (χ3n) is 1.04. The van der Waals surface area contributed by atoms with E-state index in [0.717, 1.165) is 0 Å². The minimum Gasteiger partial charge on any atom is -0.450 e. The van der Waals surface area contributed by atoms with Crippen LogP contribution in [0.2, 0.25) is 0 Å². The zero-order valence-electron chi connectivity index (χ0n) is 7.28. The van der Waals surface area contributed by atoms with Gasteiger partial charge in [-0.1, -0.05) is 0 Å². The Kier molecular flexibility index (Phi) is 5.37. The summed E-state index contributed by atoms with van der Waals surface area (Å²) in [5.74, 6) is 0. The molecule has 0 heterocycles. The molecule has 0 aliphatic heterocycles. The van der Waals surface area contributed by atoms with Crippen molar-refractivity contribution in [3.8, 4) is 0 Å². The molecule has 0 atom stereocenters. The van der Waals surface area contributed by atoms with E-state index in [4.69, 9.17) is 15.3 Å². The van der Waals surface area contributed by atoms with Crippen LogP contribution in [0.25, 0.3) is 0 Å². The van der Waals surface area contributed by atoms with Gasteiger partial charge in [0.05, 0.1) is 6.42 Å². The molecule has 0 bridgehead atoms. The summed E-state index contributed by atoms with van der Waals surface area (Å²) in [6.45, 7) is -0.444. The quantitative estimate of drug-likeness (QED) is 0.456. The maximum atomic E-state index is 10.0. The monoisotopic (exact) mass is 224 g/mol. The molecule has 0 saturated heterocycles.